The van der Waals surface area contributed by atoms with Crippen LogP contribution in [-0.2, 0) is 10.0 Å². The minimum absolute atomic E-state index is 0.00892. The number of hydrogen-bond donors (Lipinski definition) is 2. The first-order valence-corrected chi connectivity index (χ1v) is 9.97. The van der Waals surface area contributed by atoms with Gasteiger partial charge in [-0.3, -0.25) is 0 Å². The minimum Gasteiger partial charge on any atom is -0.486 e. The number of nitrogens with zero attached hydrogens (tertiary/aromatic N) is 2. The number of nitriles is 1. The lowest BCUT2D eigenvalue weighted by Gasteiger charge is -2.27. The van der Waals surface area contributed by atoms with Gasteiger partial charge in [0.2, 0.25) is 10.0 Å². The van der Waals surface area contributed by atoms with Crippen molar-refractivity contribution in [2.24, 2.45) is 0 Å². The van der Waals surface area contributed by atoms with Gasteiger partial charge in [-0.05, 0) is 24.3 Å². The van der Waals surface area contributed by atoms with E-state index in [1.807, 2.05) is 0 Å². The third kappa shape index (κ3) is 3.70. The molecule has 3 rings (SSSR count). The molecular weight excluding hydrogens is 411 g/mol. The zero-order valence-electron chi connectivity index (χ0n) is 14.4. The molecular formula is C18H16ClFN2O5S. The van der Waals surface area contributed by atoms with Crippen LogP contribution in [0.4, 0.5) is 4.39 Å². The molecule has 1 fully saturated rings. The fourth-order valence-electron chi connectivity index (χ4n) is 2.93. The minimum atomic E-state index is -4.06. The van der Waals surface area contributed by atoms with E-state index in [4.69, 9.17) is 21.6 Å². The number of rotatable bonds is 5. The van der Waals surface area contributed by atoms with Crippen molar-refractivity contribution in [3.63, 3.8) is 0 Å². The lowest BCUT2D eigenvalue weighted by molar-refractivity contribution is -0.0641. The highest BCUT2D eigenvalue weighted by Gasteiger charge is 2.51. The van der Waals surface area contributed by atoms with Crippen LogP contribution in [0.15, 0.2) is 47.4 Å². The van der Waals surface area contributed by atoms with Crippen LogP contribution in [0.25, 0.3) is 0 Å². The number of β-amino-alcohol motifs (C(OH)–C–C–N with tert-alkyl or cyclic N) is 1. The smallest absolute Gasteiger partial charge is 0.244 e. The Balaban J connectivity index is 1.89. The third-order valence-electron chi connectivity index (χ3n) is 4.49. The van der Waals surface area contributed by atoms with Crippen molar-refractivity contribution in [2.45, 2.75) is 16.6 Å². The molecule has 0 amide bonds. The molecule has 2 N–H and O–H groups in total. The molecule has 1 saturated heterocycles. The summed E-state index contributed by atoms with van der Waals surface area (Å²) in [6.07, 6.45) is -1.16. The van der Waals surface area contributed by atoms with E-state index in [0.717, 1.165) is 10.4 Å². The molecule has 0 aliphatic carbocycles. The summed E-state index contributed by atoms with van der Waals surface area (Å²) in [5.74, 6) is -0.823. The molecule has 2 aromatic rings. The van der Waals surface area contributed by atoms with Gasteiger partial charge < -0.3 is 14.9 Å². The van der Waals surface area contributed by atoms with Crippen molar-refractivity contribution in [1.29, 1.82) is 5.26 Å². The summed E-state index contributed by atoms with van der Waals surface area (Å²) < 4.78 is 46.1. The number of aliphatic hydroxyl groups is 2. The summed E-state index contributed by atoms with van der Waals surface area (Å²) in [5, 5.41) is 29.1. The Bertz CT molecular complexity index is 1040. The van der Waals surface area contributed by atoms with Crippen LogP contribution in [0, 0.1) is 17.1 Å². The summed E-state index contributed by atoms with van der Waals surface area (Å²) >= 11 is 5.99. The summed E-state index contributed by atoms with van der Waals surface area (Å²) in [5.41, 5.74) is -2.09. The van der Waals surface area contributed by atoms with Gasteiger partial charge in [-0.15, -0.1) is 0 Å². The largest absolute Gasteiger partial charge is 0.486 e. The van der Waals surface area contributed by atoms with Gasteiger partial charge in [-0.1, -0.05) is 23.7 Å². The number of ether oxygens (including phenoxy) is 1. The number of aliphatic hydroxyl groups excluding tert-OH is 1. The average Bonchev–Trinajstić information content (AvgIpc) is 3.00. The fraction of sp³-hybridized carbons (Fsp3) is 0.278. The number of hydrogen-bond acceptors (Lipinski definition) is 6. The second-order valence-electron chi connectivity index (χ2n) is 6.35. The Labute approximate surface area is 166 Å². The first-order valence-electron chi connectivity index (χ1n) is 8.15. The summed E-state index contributed by atoms with van der Waals surface area (Å²) in [7, 11) is -4.06. The summed E-state index contributed by atoms with van der Waals surface area (Å²) in [4.78, 5) is -0.137. The molecule has 2 aromatic carbocycles. The SMILES string of the molecule is N#Cc1ccc(O[C@H]2CN(S(=O)(=O)c3ccccc3Cl)C[C@@]2(O)CO)cc1F. The first kappa shape index (κ1) is 20.5. The van der Waals surface area contributed by atoms with E-state index in [0.29, 0.717) is 0 Å². The Morgan fingerprint density at radius 2 is 2.07 bits per heavy atom. The topological polar surface area (TPSA) is 111 Å². The monoisotopic (exact) mass is 426 g/mol. The molecule has 0 unspecified atom stereocenters. The van der Waals surface area contributed by atoms with Crippen molar-refractivity contribution >= 4 is 21.6 Å². The van der Waals surface area contributed by atoms with Crippen LogP contribution in [0.5, 0.6) is 5.75 Å². The van der Waals surface area contributed by atoms with Crippen LogP contribution < -0.4 is 4.74 Å². The van der Waals surface area contributed by atoms with E-state index in [2.05, 4.69) is 0 Å². The highest BCUT2D eigenvalue weighted by Crippen LogP contribution is 2.33. The summed E-state index contributed by atoms with van der Waals surface area (Å²) in [6.45, 7) is -1.49. The number of sulfonamides is 1. The normalized spacial score (nSPS) is 22.8. The van der Waals surface area contributed by atoms with Crippen LogP contribution in [0.1, 0.15) is 5.56 Å². The number of benzene rings is 2. The van der Waals surface area contributed by atoms with E-state index in [-0.39, 0.29) is 27.8 Å². The number of halogens is 2. The van der Waals surface area contributed by atoms with Gasteiger partial charge in [0, 0.05) is 12.6 Å². The van der Waals surface area contributed by atoms with Gasteiger partial charge in [0.15, 0.2) is 0 Å². The molecule has 1 heterocycles. The van der Waals surface area contributed by atoms with E-state index in [1.165, 1.54) is 30.3 Å². The zero-order chi connectivity index (χ0) is 20.5. The van der Waals surface area contributed by atoms with Gasteiger partial charge in [0.1, 0.15) is 34.2 Å². The maximum Gasteiger partial charge on any atom is 0.244 e. The third-order valence-corrected chi connectivity index (χ3v) is 6.80. The predicted molar refractivity (Wildman–Crippen MR) is 97.8 cm³/mol. The van der Waals surface area contributed by atoms with Gasteiger partial charge in [-0.25, -0.2) is 12.8 Å². The molecule has 148 valence electrons. The second-order valence-corrected chi connectivity index (χ2v) is 8.66. The highest BCUT2D eigenvalue weighted by molar-refractivity contribution is 7.89. The average molecular weight is 427 g/mol. The summed E-state index contributed by atoms with van der Waals surface area (Å²) in [6, 6.07) is 11.0. The van der Waals surface area contributed by atoms with Crippen molar-refractivity contribution in [3.05, 3.63) is 58.9 Å². The molecule has 2 atom stereocenters. The Morgan fingerprint density at radius 1 is 1.36 bits per heavy atom. The quantitative estimate of drug-likeness (QED) is 0.750. The predicted octanol–water partition coefficient (Wildman–Crippen LogP) is 1.53. The van der Waals surface area contributed by atoms with E-state index < -0.39 is 40.7 Å². The van der Waals surface area contributed by atoms with Crippen molar-refractivity contribution in [1.82, 2.24) is 4.31 Å². The Kier molecular flexibility index (Phi) is 5.61. The molecule has 0 saturated carbocycles. The molecule has 10 heteroatoms. The molecule has 0 radical (unpaired) electrons. The van der Waals surface area contributed by atoms with Gasteiger partial charge in [0.25, 0.3) is 0 Å². The molecule has 1 aliphatic heterocycles. The van der Waals surface area contributed by atoms with E-state index in [1.54, 1.807) is 12.1 Å². The standard InChI is InChI=1S/C18H16ClFN2O5S/c19-14-3-1-2-4-16(14)28(25,26)22-9-17(18(24,10-22)11-23)27-13-6-5-12(8-21)15(20)7-13/h1-7,17,23-24H,9-11H2/t17-,18+/m0/s1. The first-order chi connectivity index (χ1) is 13.2. The van der Waals surface area contributed by atoms with Crippen molar-refractivity contribution < 1.29 is 27.8 Å². The molecule has 0 bridgehead atoms. The lowest BCUT2D eigenvalue weighted by Crippen LogP contribution is -2.48. The van der Waals surface area contributed by atoms with E-state index >= 15 is 0 Å². The second kappa shape index (κ2) is 7.66. The van der Waals surface area contributed by atoms with Crippen LogP contribution in [0.2, 0.25) is 5.02 Å². The molecule has 0 aromatic heterocycles. The molecule has 7 nitrogen and oxygen atoms in total. The maximum absolute atomic E-state index is 13.8. The maximum atomic E-state index is 13.8. The van der Waals surface area contributed by atoms with E-state index in [9.17, 15) is 23.0 Å². The van der Waals surface area contributed by atoms with Gasteiger partial charge in [0.05, 0.1) is 23.7 Å². The van der Waals surface area contributed by atoms with Gasteiger partial charge in [-0.2, -0.15) is 9.57 Å². The Morgan fingerprint density at radius 3 is 2.68 bits per heavy atom. The Hall–Kier alpha value is -2.22. The molecule has 28 heavy (non-hydrogen) atoms. The molecule has 0 spiro atoms. The van der Waals surface area contributed by atoms with Crippen LogP contribution in [0.3, 0.4) is 0 Å². The van der Waals surface area contributed by atoms with Crippen molar-refractivity contribution in [2.75, 3.05) is 19.7 Å². The van der Waals surface area contributed by atoms with Crippen LogP contribution in [-0.4, -0.2) is 54.3 Å². The fourth-order valence-corrected chi connectivity index (χ4v) is 4.92. The zero-order valence-corrected chi connectivity index (χ0v) is 16.0. The lowest BCUT2D eigenvalue weighted by atomic mass is 10.0. The van der Waals surface area contributed by atoms with Crippen LogP contribution >= 0.6 is 11.6 Å². The molecule has 1 aliphatic rings. The van der Waals surface area contributed by atoms with Gasteiger partial charge >= 0.3 is 0 Å². The highest BCUT2D eigenvalue weighted by atomic mass is 35.5. The van der Waals surface area contributed by atoms with Crippen molar-refractivity contribution in [3.8, 4) is 11.8 Å².